The fourth-order valence-electron chi connectivity index (χ4n) is 1.96. The van der Waals surface area contributed by atoms with Gasteiger partial charge in [0.1, 0.15) is 5.69 Å². The standard InChI is InChI=1S/C11H13N5O2S2.ClH/c1-16-5-3-4-7(6-16)8-9(13-19-12-8)18-11-10(17-2)14-20-15-11;/h4H,3,5-6H2,1-2H3;1H. The molecule has 0 aliphatic carbocycles. The van der Waals surface area contributed by atoms with Crippen LogP contribution in [0.3, 0.4) is 0 Å². The summed E-state index contributed by atoms with van der Waals surface area (Å²) < 4.78 is 27.3. The monoisotopic (exact) mass is 347 g/mol. The molecule has 0 saturated heterocycles. The summed E-state index contributed by atoms with van der Waals surface area (Å²) >= 11 is 2.16. The predicted octanol–water partition coefficient (Wildman–Crippen LogP) is 2.33. The van der Waals surface area contributed by atoms with E-state index in [1.54, 1.807) is 0 Å². The van der Waals surface area contributed by atoms with Gasteiger partial charge in [0.15, 0.2) is 0 Å². The van der Waals surface area contributed by atoms with Gasteiger partial charge in [-0.1, -0.05) is 6.08 Å². The van der Waals surface area contributed by atoms with Crippen molar-refractivity contribution in [2.24, 2.45) is 0 Å². The Morgan fingerprint density at radius 1 is 1.10 bits per heavy atom. The molecule has 2 aromatic rings. The van der Waals surface area contributed by atoms with Gasteiger partial charge in [-0.15, -0.1) is 25.5 Å². The van der Waals surface area contributed by atoms with Gasteiger partial charge in [-0.05, 0) is 19.0 Å². The summed E-state index contributed by atoms with van der Waals surface area (Å²) in [6.45, 7) is 1.90. The molecule has 0 N–H and O–H groups in total. The average Bonchev–Trinajstić information content (AvgIpc) is 3.08. The minimum Gasteiger partial charge on any atom is -0.477 e. The first-order valence-corrected chi connectivity index (χ1v) is 7.49. The smallest absolute Gasteiger partial charge is 0.298 e. The third-order valence-electron chi connectivity index (χ3n) is 2.92. The molecule has 0 fully saturated rings. The van der Waals surface area contributed by atoms with Crippen molar-refractivity contribution in [2.45, 2.75) is 6.42 Å². The minimum absolute atomic E-state index is 0. The van der Waals surface area contributed by atoms with Gasteiger partial charge >= 0.3 is 0 Å². The Bertz CT molecular complexity index is 630. The molecule has 0 radical (unpaired) electrons. The van der Waals surface area contributed by atoms with E-state index in [1.165, 1.54) is 7.11 Å². The largest absolute Gasteiger partial charge is 0.477 e. The lowest BCUT2D eigenvalue weighted by molar-refractivity contribution is 0.358. The van der Waals surface area contributed by atoms with E-state index < -0.39 is 0 Å². The first kappa shape index (κ1) is 16.1. The van der Waals surface area contributed by atoms with E-state index in [9.17, 15) is 0 Å². The normalized spacial score (nSPS) is 15.2. The van der Waals surface area contributed by atoms with Crippen LogP contribution < -0.4 is 9.47 Å². The van der Waals surface area contributed by atoms with Crippen LogP contribution in [0.2, 0.25) is 0 Å². The Labute approximate surface area is 136 Å². The zero-order chi connectivity index (χ0) is 13.9. The number of nitrogens with zero attached hydrogens (tertiary/aromatic N) is 5. The predicted molar refractivity (Wildman–Crippen MR) is 83.8 cm³/mol. The molecule has 0 unspecified atom stereocenters. The molecule has 1 aliphatic rings. The van der Waals surface area contributed by atoms with Crippen molar-refractivity contribution in [1.82, 2.24) is 22.4 Å². The van der Waals surface area contributed by atoms with Gasteiger partial charge in [-0.2, -0.15) is 4.37 Å². The van der Waals surface area contributed by atoms with Gasteiger partial charge in [-0.3, -0.25) is 0 Å². The van der Waals surface area contributed by atoms with Crippen molar-refractivity contribution in [3.63, 3.8) is 0 Å². The summed E-state index contributed by atoms with van der Waals surface area (Å²) in [4.78, 5) is 2.24. The zero-order valence-corrected chi connectivity index (χ0v) is 13.9. The number of halogens is 1. The molecule has 3 rings (SSSR count). The molecular weight excluding hydrogens is 334 g/mol. The molecule has 0 spiro atoms. The topological polar surface area (TPSA) is 73.3 Å². The van der Waals surface area contributed by atoms with Crippen LogP contribution in [-0.2, 0) is 0 Å². The van der Waals surface area contributed by atoms with E-state index in [0.29, 0.717) is 17.6 Å². The second-order valence-corrected chi connectivity index (χ2v) is 5.41. The molecule has 0 bridgehead atoms. The van der Waals surface area contributed by atoms with Crippen LogP contribution in [0.1, 0.15) is 12.1 Å². The first-order valence-electron chi connectivity index (χ1n) is 6.03. The summed E-state index contributed by atoms with van der Waals surface area (Å²) in [5.41, 5.74) is 1.90. The number of methoxy groups -OCH3 is 1. The van der Waals surface area contributed by atoms with Crippen molar-refractivity contribution < 1.29 is 9.47 Å². The van der Waals surface area contributed by atoms with Crippen LogP contribution in [0.15, 0.2) is 6.08 Å². The van der Waals surface area contributed by atoms with Gasteiger partial charge in [0.05, 0.1) is 30.6 Å². The quantitative estimate of drug-likeness (QED) is 0.840. The zero-order valence-electron chi connectivity index (χ0n) is 11.5. The molecule has 0 aromatic carbocycles. The van der Waals surface area contributed by atoms with E-state index in [4.69, 9.17) is 9.47 Å². The number of hydrogen-bond donors (Lipinski definition) is 0. The van der Waals surface area contributed by atoms with Crippen LogP contribution in [-0.4, -0.2) is 49.6 Å². The molecule has 0 atom stereocenters. The number of likely N-dealkylation sites (N-methyl/N-ethyl adjacent to an activating group) is 1. The maximum absolute atomic E-state index is 5.69. The number of ether oxygens (including phenoxy) is 2. The van der Waals surface area contributed by atoms with Crippen LogP contribution in [0, 0.1) is 0 Å². The lowest BCUT2D eigenvalue weighted by Crippen LogP contribution is -2.25. The van der Waals surface area contributed by atoms with E-state index in [1.807, 2.05) is 0 Å². The van der Waals surface area contributed by atoms with E-state index >= 15 is 0 Å². The summed E-state index contributed by atoms with van der Waals surface area (Å²) in [6.07, 6.45) is 3.19. The Hall–Kier alpha value is -1.29. The van der Waals surface area contributed by atoms with Crippen molar-refractivity contribution >= 4 is 41.4 Å². The average molecular weight is 348 g/mol. The third-order valence-corrected chi connectivity index (χ3v) is 3.93. The highest BCUT2D eigenvalue weighted by Crippen LogP contribution is 2.33. The maximum atomic E-state index is 5.69. The minimum atomic E-state index is 0. The number of hydrogen-bond acceptors (Lipinski definition) is 9. The second kappa shape index (κ2) is 7.12. The third kappa shape index (κ3) is 3.49. The van der Waals surface area contributed by atoms with Gasteiger partial charge in [0.25, 0.3) is 17.6 Å². The van der Waals surface area contributed by atoms with Crippen LogP contribution >= 0.6 is 35.9 Å². The SMILES string of the molecule is COc1nsnc1Oc1nsnc1C1=CCCN(C)C1.Cl. The van der Waals surface area contributed by atoms with Gasteiger partial charge in [-0.25, -0.2) is 0 Å². The Morgan fingerprint density at radius 2 is 1.81 bits per heavy atom. The maximum Gasteiger partial charge on any atom is 0.298 e. The van der Waals surface area contributed by atoms with Crippen molar-refractivity contribution in [3.8, 4) is 17.6 Å². The fourth-order valence-corrected chi connectivity index (χ4v) is 2.93. The van der Waals surface area contributed by atoms with Crippen molar-refractivity contribution in [1.29, 1.82) is 0 Å². The van der Waals surface area contributed by atoms with Gasteiger partial charge in [0, 0.05) is 13.1 Å². The molecule has 114 valence electrons. The summed E-state index contributed by atoms with van der Waals surface area (Å²) in [7, 11) is 3.61. The molecule has 0 amide bonds. The van der Waals surface area contributed by atoms with E-state index in [2.05, 4.69) is 35.5 Å². The fraction of sp³-hybridized carbons (Fsp3) is 0.455. The second-order valence-electron chi connectivity index (χ2n) is 4.35. The van der Waals surface area contributed by atoms with Crippen LogP contribution in [0.5, 0.6) is 17.6 Å². The van der Waals surface area contributed by atoms with Crippen LogP contribution in [0.4, 0.5) is 0 Å². The highest BCUT2D eigenvalue weighted by Gasteiger charge is 2.21. The molecule has 3 heterocycles. The number of rotatable bonds is 4. The number of aromatic nitrogens is 4. The lowest BCUT2D eigenvalue weighted by atomic mass is 10.1. The van der Waals surface area contributed by atoms with E-state index in [-0.39, 0.29) is 12.4 Å². The summed E-state index contributed by atoms with van der Waals surface area (Å²) in [5, 5.41) is 0. The van der Waals surface area contributed by atoms with Gasteiger partial charge < -0.3 is 14.4 Å². The Morgan fingerprint density at radius 3 is 2.57 bits per heavy atom. The summed E-state index contributed by atoms with van der Waals surface area (Å²) in [5.74, 6) is 1.16. The molecular formula is C11H14ClN5O2S2. The molecule has 2 aromatic heterocycles. The highest BCUT2D eigenvalue weighted by molar-refractivity contribution is 6.99. The highest BCUT2D eigenvalue weighted by atomic mass is 35.5. The first-order chi connectivity index (χ1) is 9.78. The van der Waals surface area contributed by atoms with E-state index in [0.717, 1.165) is 54.2 Å². The molecule has 0 saturated carbocycles. The van der Waals surface area contributed by atoms with Crippen LogP contribution in [0.25, 0.3) is 5.57 Å². The molecule has 1 aliphatic heterocycles. The molecule has 7 nitrogen and oxygen atoms in total. The Balaban J connectivity index is 0.00000161. The Kier molecular flexibility index (Phi) is 5.45. The van der Waals surface area contributed by atoms with Crippen molar-refractivity contribution in [3.05, 3.63) is 11.8 Å². The molecule has 21 heavy (non-hydrogen) atoms. The lowest BCUT2D eigenvalue weighted by Gasteiger charge is -2.21. The summed E-state index contributed by atoms with van der Waals surface area (Å²) in [6, 6.07) is 0. The van der Waals surface area contributed by atoms with Gasteiger partial charge in [0.2, 0.25) is 0 Å². The molecule has 10 heteroatoms. The van der Waals surface area contributed by atoms with Crippen molar-refractivity contribution in [2.75, 3.05) is 27.2 Å².